The SMILES string of the molecule is O=C(CN1C(=O)S/C(=C\c2ccc(Br)cc2)C1=O)Nc1ccc(O)cc1. The van der Waals surface area contributed by atoms with Gasteiger partial charge >= 0.3 is 0 Å². The van der Waals surface area contributed by atoms with Crippen molar-refractivity contribution in [2.45, 2.75) is 0 Å². The van der Waals surface area contributed by atoms with Crippen LogP contribution in [-0.2, 0) is 9.59 Å². The molecule has 1 saturated heterocycles. The second-order valence-electron chi connectivity index (χ2n) is 5.41. The smallest absolute Gasteiger partial charge is 0.294 e. The van der Waals surface area contributed by atoms with E-state index in [2.05, 4.69) is 21.2 Å². The van der Waals surface area contributed by atoms with E-state index in [-0.39, 0.29) is 17.2 Å². The van der Waals surface area contributed by atoms with Gasteiger partial charge in [0.25, 0.3) is 11.1 Å². The van der Waals surface area contributed by atoms with Crippen LogP contribution >= 0.6 is 27.7 Å². The molecule has 1 fully saturated rings. The number of phenols is 1. The summed E-state index contributed by atoms with van der Waals surface area (Å²) >= 11 is 4.14. The van der Waals surface area contributed by atoms with Gasteiger partial charge in [-0.25, -0.2) is 0 Å². The van der Waals surface area contributed by atoms with E-state index in [1.807, 2.05) is 24.3 Å². The summed E-state index contributed by atoms with van der Waals surface area (Å²) < 4.78 is 0.911. The zero-order valence-electron chi connectivity index (χ0n) is 13.3. The highest BCUT2D eigenvalue weighted by Gasteiger charge is 2.36. The number of thioether (sulfide) groups is 1. The first-order chi connectivity index (χ1) is 12.4. The van der Waals surface area contributed by atoms with Crippen LogP contribution in [0.15, 0.2) is 57.9 Å². The van der Waals surface area contributed by atoms with Crippen molar-refractivity contribution in [3.63, 3.8) is 0 Å². The minimum absolute atomic E-state index is 0.0759. The summed E-state index contributed by atoms with van der Waals surface area (Å²) in [7, 11) is 0. The predicted octanol–water partition coefficient (Wildman–Crippen LogP) is 3.83. The summed E-state index contributed by atoms with van der Waals surface area (Å²) in [6.07, 6.45) is 1.62. The number of benzene rings is 2. The molecule has 6 nitrogen and oxygen atoms in total. The molecule has 3 amide bonds. The normalized spacial score (nSPS) is 15.6. The molecule has 132 valence electrons. The van der Waals surface area contributed by atoms with Crippen LogP contribution in [0.5, 0.6) is 5.75 Å². The first-order valence-corrected chi connectivity index (χ1v) is 9.13. The van der Waals surface area contributed by atoms with Crippen molar-refractivity contribution < 1.29 is 19.5 Å². The molecule has 0 radical (unpaired) electrons. The van der Waals surface area contributed by atoms with Gasteiger partial charge < -0.3 is 10.4 Å². The molecule has 3 rings (SSSR count). The molecule has 1 heterocycles. The number of halogens is 1. The molecule has 2 aromatic rings. The monoisotopic (exact) mass is 432 g/mol. The lowest BCUT2D eigenvalue weighted by atomic mass is 10.2. The fourth-order valence-corrected chi connectivity index (χ4v) is 3.34. The van der Waals surface area contributed by atoms with Gasteiger partial charge in [-0.1, -0.05) is 28.1 Å². The van der Waals surface area contributed by atoms with Gasteiger partial charge in [0.2, 0.25) is 5.91 Å². The molecule has 0 atom stereocenters. The number of anilines is 1. The molecular weight excluding hydrogens is 420 g/mol. The van der Waals surface area contributed by atoms with E-state index < -0.39 is 17.1 Å². The zero-order valence-corrected chi connectivity index (χ0v) is 15.7. The van der Waals surface area contributed by atoms with Gasteiger partial charge in [-0.2, -0.15) is 0 Å². The fourth-order valence-electron chi connectivity index (χ4n) is 2.24. The number of carbonyl (C=O) groups is 3. The molecule has 1 aliphatic rings. The summed E-state index contributed by atoms with van der Waals surface area (Å²) in [4.78, 5) is 37.8. The molecule has 0 bridgehead atoms. The quantitative estimate of drug-likeness (QED) is 0.566. The summed E-state index contributed by atoms with van der Waals surface area (Å²) in [5.74, 6) is -0.918. The summed E-state index contributed by atoms with van der Waals surface area (Å²) in [5, 5.41) is 11.3. The number of rotatable bonds is 4. The van der Waals surface area contributed by atoms with Crippen LogP contribution in [0.2, 0.25) is 0 Å². The van der Waals surface area contributed by atoms with Crippen LogP contribution in [0, 0.1) is 0 Å². The highest BCUT2D eigenvalue weighted by atomic mass is 79.9. The van der Waals surface area contributed by atoms with Crippen molar-refractivity contribution in [2.75, 3.05) is 11.9 Å². The second-order valence-corrected chi connectivity index (χ2v) is 7.32. The minimum Gasteiger partial charge on any atom is -0.508 e. The molecule has 26 heavy (non-hydrogen) atoms. The number of hydrogen-bond donors (Lipinski definition) is 2. The molecule has 0 aromatic heterocycles. The molecule has 0 unspecified atom stereocenters. The van der Waals surface area contributed by atoms with E-state index >= 15 is 0 Å². The average molecular weight is 433 g/mol. The van der Waals surface area contributed by atoms with E-state index in [9.17, 15) is 19.5 Å². The third-order valence-electron chi connectivity index (χ3n) is 3.49. The lowest BCUT2D eigenvalue weighted by Gasteiger charge is -2.12. The van der Waals surface area contributed by atoms with E-state index in [1.54, 1.807) is 6.08 Å². The second kappa shape index (κ2) is 7.76. The first kappa shape index (κ1) is 18.2. The van der Waals surface area contributed by atoms with Crippen molar-refractivity contribution in [1.29, 1.82) is 0 Å². The van der Waals surface area contributed by atoms with Crippen LogP contribution in [0.25, 0.3) is 6.08 Å². The Morgan fingerprint density at radius 1 is 1.12 bits per heavy atom. The molecule has 0 aliphatic carbocycles. The van der Waals surface area contributed by atoms with Crippen molar-refractivity contribution >= 4 is 56.5 Å². The lowest BCUT2D eigenvalue weighted by Crippen LogP contribution is -2.36. The summed E-state index contributed by atoms with van der Waals surface area (Å²) in [5.41, 5.74) is 1.25. The maximum absolute atomic E-state index is 12.4. The van der Waals surface area contributed by atoms with E-state index in [1.165, 1.54) is 24.3 Å². The third-order valence-corrected chi connectivity index (χ3v) is 4.93. The Morgan fingerprint density at radius 3 is 2.42 bits per heavy atom. The van der Waals surface area contributed by atoms with Crippen molar-refractivity contribution in [2.24, 2.45) is 0 Å². The molecule has 2 N–H and O–H groups in total. The molecular formula is C18H13BrN2O4S. The summed E-state index contributed by atoms with van der Waals surface area (Å²) in [6, 6.07) is 13.2. The van der Waals surface area contributed by atoms with Gasteiger partial charge in [0, 0.05) is 10.2 Å². The summed E-state index contributed by atoms with van der Waals surface area (Å²) in [6.45, 7) is -0.372. The van der Waals surface area contributed by atoms with Crippen LogP contribution in [0.4, 0.5) is 10.5 Å². The van der Waals surface area contributed by atoms with Crippen molar-refractivity contribution in [3.05, 3.63) is 63.5 Å². The Balaban J connectivity index is 1.67. The number of amides is 3. The maximum atomic E-state index is 12.4. The molecule has 1 aliphatic heterocycles. The van der Waals surface area contributed by atoms with E-state index in [4.69, 9.17) is 0 Å². The van der Waals surface area contributed by atoms with Crippen molar-refractivity contribution in [1.82, 2.24) is 4.90 Å². The highest BCUT2D eigenvalue weighted by Crippen LogP contribution is 2.32. The minimum atomic E-state index is -0.497. The van der Waals surface area contributed by atoms with Crippen molar-refractivity contribution in [3.8, 4) is 5.75 Å². The van der Waals surface area contributed by atoms with Gasteiger partial charge in [-0.05, 0) is 59.8 Å². The Kier molecular flexibility index (Phi) is 5.43. The van der Waals surface area contributed by atoms with Gasteiger partial charge in [0.1, 0.15) is 12.3 Å². The molecule has 2 aromatic carbocycles. The molecule has 8 heteroatoms. The molecule has 0 saturated carbocycles. The van der Waals surface area contributed by atoms with Gasteiger partial charge in [0.05, 0.1) is 4.91 Å². The van der Waals surface area contributed by atoms with E-state index in [0.29, 0.717) is 5.69 Å². The predicted molar refractivity (Wildman–Crippen MR) is 104 cm³/mol. The first-order valence-electron chi connectivity index (χ1n) is 7.52. The topological polar surface area (TPSA) is 86.7 Å². The number of carbonyl (C=O) groups excluding carboxylic acids is 3. The average Bonchev–Trinajstić information content (AvgIpc) is 2.86. The Hall–Kier alpha value is -2.58. The fraction of sp³-hybridized carbons (Fsp3) is 0.0556. The van der Waals surface area contributed by atoms with E-state index in [0.717, 1.165) is 26.7 Å². The van der Waals surface area contributed by atoms with Crippen LogP contribution in [-0.4, -0.2) is 33.6 Å². The van der Waals surface area contributed by atoms with Crippen LogP contribution in [0.1, 0.15) is 5.56 Å². The van der Waals surface area contributed by atoms with Gasteiger partial charge in [0.15, 0.2) is 0 Å². The maximum Gasteiger partial charge on any atom is 0.294 e. The lowest BCUT2D eigenvalue weighted by molar-refractivity contribution is -0.127. The van der Waals surface area contributed by atoms with Crippen LogP contribution < -0.4 is 5.32 Å². The van der Waals surface area contributed by atoms with Gasteiger partial charge in [-0.3, -0.25) is 19.3 Å². The molecule has 0 spiro atoms. The number of hydrogen-bond acceptors (Lipinski definition) is 5. The van der Waals surface area contributed by atoms with Gasteiger partial charge in [-0.15, -0.1) is 0 Å². The Labute approximate surface area is 162 Å². The Bertz CT molecular complexity index is 894. The number of phenolic OH excluding ortho intramolecular Hbond substituents is 1. The number of imide groups is 1. The number of nitrogens with one attached hydrogen (secondary N) is 1. The Morgan fingerprint density at radius 2 is 1.77 bits per heavy atom. The highest BCUT2D eigenvalue weighted by molar-refractivity contribution is 9.10. The standard InChI is InChI=1S/C18H13BrN2O4S/c19-12-3-1-11(2-4-12)9-15-17(24)21(18(25)26-15)10-16(23)20-13-5-7-14(22)8-6-13/h1-9,22H,10H2,(H,20,23)/b15-9-. The largest absolute Gasteiger partial charge is 0.508 e. The zero-order chi connectivity index (χ0) is 18.7. The van der Waals surface area contributed by atoms with Crippen LogP contribution in [0.3, 0.4) is 0 Å². The third kappa shape index (κ3) is 4.33. The number of aromatic hydroxyl groups is 1. The number of nitrogens with zero attached hydrogens (tertiary/aromatic N) is 1.